The molecule has 0 aliphatic rings. The second-order valence-electron chi connectivity index (χ2n) is 5.17. The van der Waals surface area contributed by atoms with E-state index in [4.69, 9.17) is 8.92 Å². The molecule has 0 spiro atoms. The van der Waals surface area contributed by atoms with Crippen molar-refractivity contribution in [1.29, 1.82) is 0 Å². The fourth-order valence-corrected chi connectivity index (χ4v) is 2.46. The van der Waals surface area contributed by atoms with Gasteiger partial charge in [-0.2, -0.15) is 8.42 Å². The van der Waals surface area contributed by atoms with Crippen molar-refractivity contribution < 1.29 is 22.1 Å². The topological polar surface area (TPSA) is 69.7 Å². The van der Waals surface area contributed by atoms with Crippen molar-refractivity contribution in [2.75, 3.05) is 13.4 Å². The second kappa shape index (κ2) is 8.30. The summed E-state index contributed by atoms with van der Waals surface area (Å²) in [6.45, 7) is 0. The number of ether oxygens (including phenoxy) is 1. The van der Waals surface area contributed by atoms with E-state index in [0.717, 1.165) is 17.6 Å². The van der Waals surface area contributed by atoms with Crippen LogP contribution in [0.5, 0.6) is 11.5 Å². The molecule has 0 saturated carbocycles. The molecule has 0 radical (unpaired) electrons. The van der Waals surface area contributed by atoms with E-state index in [9.17, 15) is 13.2 Å². The van der Waals surface area contributed by atoms with E-state index in [2.05, 4.69) is 0 Å². The van der Waals surface area contributed by atoms with Crippen molar-refractivity contribution in [3.8, 4) is 11.5 Å². The van der Waals surface area contributed by atoms with Gasteiger partial charge in [0.2, 0.25) is 0 Å². The number of allylic oxidation sites excluding steroid dienone is 2. The van der Waals surface area contributed by atoms with E-state index in [1.807, 2.05) is 12.1 Å². The molecule has 25 heavy (non-hydrogen) atoms. The summed E-state index contributed by atoms with van der Waals surface area (Å²) in [5.41, 5.74) is 1.36. The number of benzene rings is 2. The van der Waals surface area contributed by atoms with Gasteiger partial charge in [0.1, 0.15) is 11.5 Å². The van der Waals surface area contributed by atoms with E-state index in [1.54, 1.807) is 43.5 Å². The largest absolute Gasteiger partial charge is 0.497 e. The Morgan fingerprint density at radius 1 is 0.960 bits per heavy atom. The Labute approximate surface area is 147 Å². The molecule has 0 unspecified atom stereocenters. The Kier molecular flexibility index (Phi) is 6.14. The summed E-state index contributed by atoms with van der Waals surface area (Å²) >= 11 is 0. The third kappa shape index (κ3) is 6.27. The van der Waals surface area contributed by atoms with Gasteiger partial charge in [0.15, 0.2) is 5.78 Å². The Bertz CT molecular complexity index is 894. The number of rotatable bonds is 7. The summed E-state index contributed by atoms with van der Waals surface area (Å²) in [6, 6.07) is 13.9. The maximum absolute atomic E-state index is 12.0. The maximum Gasteiger partial charge on any atom is 0.306 e. The first-order chi connectivity index (χ1) is 11.9. The third-order valence-corrected chi connectivity index (χ3v) is 3.63. The highest BCUT2D eigenvalue weighted by Crippen LogP contribution is 2.21. The van der Waals surface area contributed by atoms with E-state index >= 15 is 0 Å². The first kappa shape index (κ1) is 18.5. The average Bonchev–Trinajstić information content (AvgIpc) is 2.58. The van der Waals surface area contributed by atoms with Crippen LogP contribution in [0.25, 0.3) is 12.2 Å². The second-order valence-corrected chi connectivity index (χ2v) is 6.74. The lowest BCUT2D eigenvalue weighted by atomic mass is 10.1. The molecule has 0 N–H and O–H groups in total. The molecule has 2 rings (SSSR count). The lowest BCUT2D eigenvalue weighted by molar-refractivity contribution is -0.110. The van der Waals surface area contributed by atoms with Crippen LogP contribution in [0, 0.1) is 0 Å². The minimum Gasteiger partial charge on any atom is -0.497 e. The molecule has 0 heterocycles. The van der Waals surface area contributed by atoms with Gasteiger partial charge in [-0.15, -0.1) is 0 Å². The molecule has 0 amide bonds. The van der Waals surface area contributed by atoms with Crippen LogP contribution in [0.2, 0.25) is 0 Å². The van der Waals surface area contributed by atoms with Gasteiger partial charge in [0, 0.05) is 5.56 Å². The zero-order chi connectivity index (χ0) is 18.3. The molecule has 5 nitrogen and oxygen atoms in total. The van der Waals surface area contributed by atoms with Crippen LogP contribution in [0.4, 0.5) is 0 Å². The van der Waals surface area contributed by atoms with Crippen LogP contribution < -0.4 is 8.92 Å². The molecule has 0 bridgehead atoms. The van der Waals surface area contributed by atoms with Crippen LogP contribution in [-0.2, 0) is 14.9 Å². The van der Waals surface area contributed by atoms with Crippen molar-refractivity contribution in [3.63, 3.8) is 0 Å². The smallest absolute Gasteiger partial charge is 0.306 e. The Hall–Kier alpha value is -2.86. The molecule has 0 aromatic heterocycles. The number of para-hydroxylation sites is 1. The number of methoxy groups -OCH3 is 1. The first-order valence-corrected chi connectivity index (χ1v) is 9.22. The van der Waals surface area contributed by atoms with Crippen LogP contribution in [0.1, 0.15) is 11.1 Å². The van der Waals surface area contributed by atoms with Crippen LogP contribution >= 0.6 is 0 Å². The molecule has 0 aliphatic heterocycles. The van der Waals surface area contributed by atoms with E-state index in [1.165, 1.54) is 24.3 Å². The molecule has 6 heteroatoms. The molecular formula is C19H18O5S. The standard InChI is InChI=1S/C19H18O5S/c1-23-18-13-8-15(9-14-18)7-11-17(20)12-10-16-5-3-4-6-19(16)24-25(2,21)22/h3-14H,1-2H3/b11-7+,12-10+. The van der Waals surface area contributed by atoms with Gasteiger partial charge >= 0.3 is 10.1 Å². The molecule has 2 aromatic carbocycles. The highest BCUT2D eigenvalue weighted by molar-refractivity contribution is 7.86. The van der Waals surface area contributed by atoms with Crippen LogP contribution in [0.15, 0.2) is 60.7 Å². The molecule has 0 atom stereocenters. The van der Waals surface area contributed by atoms with Gasteiger partial charge in [-0.05, 0) is 42.0 Å². The average molecular weight is 358 g/mol. The summed E-state index contributed by atoms with van der Waals surface area (Å²) in [6.07, 6.45) is 6.95. The molecule has 0 fully saturated rings. The van der Waals surface area contributed by atoms with Gasteiger partial charge in [0.25, 0.3) is 0 Å². The monoisotopic (exact) mass is 358 g/mol. The van der Waals surface area contributed by atoms with E-state index < -0.39 is 10.1 Å². The zero-order valence-corrected chi connectivity index (χ0v) is 14.7. The summed E-state index contributed by atoms with van der Waals surface area (Å²) in [5.74, 6) is 0.684. The fraction of sp³-hybridized carbons (Fsp3) is 0.105. The summed E-state index contributed by atoms with van der Waals surface area (Å²) in [5, 5.41) is 0. The Balaban J connectivity index is 2.08. The summed E-state index contributed by atoms with van der Waals surface area (Å²) in [4.78, 5) is 12.0. The Morgan fingerprint density at radius 2 is 1.60 bits per heavy atom. The fourth-order valence-electron chi connectivity index (χ4n) is 1.98. The summed E-state index contributed by atoms with van der Waals surface area (Å²) in [7, 11) is -2.05. The number of carbonyl (C=O) groups is 1. The summed E-state index contributed by atoms with van der Waals surface area (Å²) < 4.78 is 32.5. The van der Waals surface area contributed by atoms with E-state index in [0.29, 0.717) is 5.56 Å². The molecular weight excluding hydrogens is 340 g/mol. The van der Waals surface area contributed by atoms with Crippen LogP contribution in [-0.4, -0.2) is 27.6 Å². The number of ketones is 1. The predicted molar refractivity (Wildman–Crippen MR) is 98.0 cm³/mol. The maximum atomic E-state index is 12.0. The Morgan fingerprint density at radius 3 is 2.24 bits per heavy atom. The van der Waals surface area contributed by atoms with Crippen molar-refractivity contribution in [2.24, 2.45) is 0 Å². The SMILES string of the molecule is COc1ccc(/C=C/C(=O)/C=C/c2ccccc2OS(C)(=O)=O)cc1. The van der Waals surface area contributed by atoms with E-state index in [-0.39, 0.29) is 11.5 Å². The van der Waals surface area contributed by atoms with Crippen molar-refractivity contribution in [2.45, 2.75) is 0 Å². The highest BCUT2D eigenvalue weighted by Gasteiger charge is 2.07. The zero-order valence-electron chi connectivity index (χ0n) is 13.9. The van der Waals surface area contributed by atoms with Crippen molar-refractivity contribution >= 4 is 28.1 Å². The third-order valence-electron chi connectivity index (χ3n) is 3.14. The normalized spacial score (nSPS) is 11.8. The van der Waals surface area contributed by atoms with Gasteiger partial charge in [-0.3, -0.25) is 4.79 Å². The first-order valence-electron chi connectivity index (χ1n) is 7.40. The lowest BCUT2D eigenvalue weighted by Crippen LogP contribution is -2.06. The van der Waals surface area contributed by atoms with Crippen LogP contribution in [0.3, 0.4) is 0 Å². The highest BCUT2D eigenvalue weighted by atomic mass is 32.2. The number of carbonyl (C=O) groups excluding carboxylic acids is 1. The van der Waals surface area contributed by atoms with Gasteiger partial charge in [0.05, 0.1) is 13.4 Å². The van der Waals surface area contributed by atoms with Gasteiger partial charge in [-0.25, -0.2) is 0 Å². The van der Waals surface area contributed by atoms with Gasteiger partial charge < -0.3 is 8.92 Å². The lowest BCUT2D eigenvalue weighted by Gasteiger charge is -2.05. The van der Waals surface area contributed by atoms with Crippen molar-refractivity contribution in [1.82, 2.24) is 0 Å². The quantitative estimate of drug-likeness (QED) is 0.561. The predicted octanol–water partition coefficient (Wildman–Crippen LogP) is 3.33. The van der Waals surface area contributed by atoms with Gasteiger partial charge in [-0.1, -0.05) is 36.4 Å². The van der Waals surface area contributed by atoms with Crippen molar-refractivity contribution in [3.05, 3.63) is 71.8 Å². The molecule has 130 valence electrons. The number of hydrogen-bond donors (Lipinski definition) is 0. The molecule has 0 saturated heterocycles. The molecule has 2 aromatic rings. The minimum atomic E-state index is -3.63. The number of hydrogen-bond acceptors (Lipinski definition) is 5. The molecule has 0 aliphatic carbocycles. The minimum absolute atomic E-state index is 0.174.